The molecule has 73 heavy (non-hydrogen) atoms. The highest BCUT2D eigenvalue weighted by Gasteiger charge is 2.27. The van der Waals surface area contributed by atoms with E-state index in [9.17, 15) is 19.0 Å². The zero-order valence-electron chi connectivity index (χ0n) is 49.1. The molecule has 0 saturated carbocycles. The van der Waals surface area contributed by atoms with Crippen molar-refractivity contribution in [2.75, 3.05) is 47.5 Å². The second kappa shape index (κ2) is 55.3. The van der Waals surface area contributed by atoms with E-state index in [1.165, 1.54) is 218 Å². The van der Waals surface area contributed by atoms with Crippen LogP contribution in [0.1, 0.15) is 316 Å². The minimum absolute atomic E-state index is 0.0309. The number of hydrogen-bond acceptors (Lipinski definition) is 7. The van der Waals surface area contributed by atoms with Gasteiger partial charge in [0, 0.05) is 12.8 Å². The lowest BCUT2D eigenvalue weighted by Gasteiger charge is -2.24. The maximum Gasteiger partial charge on any atom is 0.472 e. The number of carbonyl (C=O) groups is 2. The molecule has 9 nitrogen and oxygen atoms in total. The van der Waals surface area contributed by atoms with Gasteiger partial charge in [0.05, 0.1) is 27.7 Å². The van der Waals surface area contributed by atoms with Gasteiger partial charge in [-0.15, -0.1) is 0 Å². The minimum atomic E-state index is -4.38. The number of hydrogen-bond donors (Lipinski definition) is 1. The third-order valence-corrected chi connectivity index (χ3v) is 15.2. The Bertz CT molecular complexity index is 1280. The van der Waals surface area contributed by atoms with E-state index in [1.807, 2.05) is 21.1 Å². The zero-order valence-corrected chi connectivity index (χ0v) is 50.0. The molecule has 0 rings (SSSR count). The van der Waals surface area contributed by atoms with Gasteiger partial charge in [-0.1, -0.05) is 289 Å². The first-order chi connectivity index (χ1) is 35.5. The Morgan fingerprint density at radius 3 is 1.14 bits per heavy atom. The molecule has 0 radical (unpaired) electrons. The molecule has 432 valence electrons. The van der Waals surface area contributed by atoms with Gasteiger partial charge in [0.1, 0.15) is 19.8 Å². The van der Waals surface area contributed by atoms with Crippen LogP contribution < -0.4 is 0 Å². The van der Waals surface area contributed by atoms with E-state index < -0.39 is 26.5 Å². The summed E-state index contributed by atoms with van der Waals surface area (Å²) in [5.74, 6) is -0.800. The minimum Gasteiger partial charge on any atom is -0.462 e. The number of phosphoric ester groups is 1. The number of phosphoric acid groups is 1. The number of allylic oxidation sites excluding steroid dienone is 4. The summed E-state index contributed by atoms with van der Waals surface area (Å²) in [5.41, 5.74) is 0. The largest absolute Gasteiger partial charge is 0.472 e. The normalized spacial score (nSPS) is 13.3. The Hall–Kier alpha value is -1.51. The average molecular weight is 1050 g/mol. The van der Waals surface area contributed by atoms with Crippen LogP contribution in [0.2, 0.25) is 0 Å². The number of rotatable bonds is 59. The van der Waals surface area contributed by atoms with Crippen LogP contribution in [0.15, 0.2) is 24.3 Å². The molecule has 0 aliphatic rings. The van der Waals surface area contributed by atoms with E-state index in [2.05, 4.69) is 38.2 Å². The Balaban J connectivity index is 3.86. The quantitative estimate of drug-likeness (QED) is 0.0211. The molecule has 0 amide bonds. The van der Waals surface area contributed by atoms with E-state index >= 15 is 0 Å². The number of quaternary nitrogens is 1. The van der Waals surface area contributed by atoms with Gasteiger partial charge < -0.3 is 18.9 Å². The van der Waals surface area contributed by atoms with Gasteiger partial charge in [0.2, 0.25) is 0 Å². The lowest BCUT2D eigenvalue weighted by Crippen LogP contribution is -2.37. The molecule has 0 saturated heterocycles. The van der Waals surface area contributed by atoms with Gasteiger partial charge >= 0.3 is 19.8 Å². The lowest BCUT2D eigenvalue weighted by atomic mass is 10.0. The Kier molecular flexibility index (Phi) is 54.1. The van der Waals surface area contributed by atoms with Gasteiger partial charge in [-0.3, -0.25) is 18.6 Å². The zero-order chi connectivity index (χ0) is 53.5. The third kappa shape index (κ3) is 59.6. The van der Waals surface area contributed by atoms with Crippen molar-refractivity contribution >= 4 is 19.8 Å². The molecule has 0 aromatic carbocycles. The molecule has 1 N–H and O–H groups in total. The first kappa shape index (κ1) is 71.5. The SMILES string of the molecule is CCC/C=C\C/C=C\CCCCCCCC(=O)OC(COC(=O)CCCCCCCCCCCCCCCCCCCCCCCCCCCCCCCCCCCCCC)COP(=O)(O)OCC[N+](C)(C)C. The Morgan fingerprint density at radius 2 is 0.767 bits per heavy atom. The Labute approximate surface area is 453 Å². The molecule has 10 heteroatoms. The van der Waals surface area contributed by atoms with Gasteiger partial charge in [0.15, 0.2) is 6.10 Å². The van der Waals surface area contributed by atoms with Crippen LogP contribution in [0.4, 0.5) is 0 Å². The van der Waals surface area contributed by atoms with Crippen molar-refractivity contribution in [3.8, 4) is 0 Å². The summed E-state index contributed by atoms with van der Waals surface area (Å²) in [5, 5.41) is 0. The lowest BCUT2D eigenvalue weighted by molar-refractivity contribution is -0.870. The maximum atomic E-state index is 12.7. The highest BCUT2D eigenvalue weighted by atomic mass is 31.2. The molecular formula is C63H123NO8P+. The summed E-state index contributed by atoms with van der Waals surface area (Å²) >= 11 is 0. The standard InChI is InChI=1S/C63H122NO8P/c1-6-8-10-12-14-16-18-20-21-22-23-24-25-26-27-28-29-30-31-32-33-34-35-36-37-38-39-40-41-42-44-45-47-49-51-53-55-62(65)69-59-61(60-71-73(67,68)70-58-57-64(3,4)5)72-63(66)56-54-52-50-48-46-43-19-17-15-13-11-9-7-2/h11,13,17,19,61H,6-10,12,14-16,18,20-60H2,1-5H3/p+1/b13-11-,19-17-. The molecule has 0 bridgehead atoms. The summed E-state index contributed by atoms with van der Waals surface area (Å²) in [7, 11) is 1.48. The van der Waals surface area contributed by atoms with Crippen LogP contribution in [0, 0.1) is 0 Å². The Morgan fingerprint density at radius 1 is 0.425 bits per heavy atom. The van der Waals surface area contributed by atoms with Crippen LogP contribution in [-0.4, -0.2) is 74.9 Å². The maximum absolute atomic E-state index is 12.7. The number of esters is 2. The fourth-order valence-electron chi connectivity index (χ4n) is 9.35. The molecule has 0 aliphatic carbocycles. The fourth-order valence-corrected chi connectivity index (χ4v) is 10.1. The van der Waals surface area contributed by atoms with Crippen molar-refractivity contribution < 1.29 is 42.1 Å². The van der Waals surface area contributed by atoms with Crippen molar-refractivity contribution in [2.45, 2.75) is 322 Å². The van der Waals surface area contributed by atoms with Gasteiger partial charge in [0.25, 0.3) is 0 Å². The fraction of sp³-hybridized carbons (Fsp3) is 0.905. The van der Waals surface area contributed by atoms with Crippen LogP contribution in [0.3, 0.4) is 0 Å². The first-order valence-corrected chi connectivity index (χ1v) is 33.1. The highest BCUT2D eigenvalue weighted by Crippen LogP contribution is 2.43. The van der Waals surface area contributed by atoms with Crippen molar-refractivity contribution in [3.05, 3.63) is 24.3 Å². The molecule has 2 atom stereocenters. The van der Waals surface area contributed by atoms with E-state index in [-0.39, 0.29) is 25.6 Å². The van der Waals surface area contributed by atoms with Gasteiger partial charge in [-0.25, -0.2) is 4.57 Å². The molecule has 0 heterocycles. The van der Waals surface area contributed by atoms with Crippen molar-refractivity contribution in [2.24, 2.45) is 0 Å². The summed E-state index contributed by atoms with van der Waals surface area (Å²) in [4.78, 5) is 35.6. The molecule has 0 spiro atoms. The molecule has 2 unspecified atom stereocenters. The molecule has 0 aromatic rings. The monoisotopic (exact) mass is 1050 g/mol. The van der Waals surface area contributed by atoms with Crippen molar-refractivity contribution in [1.29, 1.82) is 0 Å². The number of ether oxygens (including phenoxy) is 2. The summed E-state index contributed by atoms with van der Waals surface area (Å²) < 4.78 is 34.5. The smallest absolute Gasteiger partial charge is 0.462 e. The van der Waals surface area contributed by atoms with Crippen LogP contribution in [0.25, 0.3) is 0 Å². The molecular weight excluding hydrogens is 930 g/mol. The number of carbonyl (C=O) groups excluding carboxylic acids is 2. The van der Waals surface area contributed by atoms with Gasteiger partial charge in [-0.2, -0.15) is 0 Å². The first-order valence-electron chi connectivity index (χ1n) is 31.6. The summed E-state index contributed by atoms with van der Waals surface area (Å²) in [6.45, 7) is 4.39. The predicted molar refractivity (Wildman–Crippen MR) is 312 cm³/mol. The molecule has 0 fully saturated rings. The number of nitrogens with zero attached hydrogens (tertiary/aromatic N) is 1. The topological polar surface area (TPSA) is 108 Å². The summed E-state index contributed by atoms with van der Waals surface area (Å²) in [6.07, 6.45) is 67.3. The van der Waals surface area contributed by atoms with E-state index in [4.69, 9.17) is 18.5 Å². The van der Waals surface area contributed by atoms with Crippen LogP contribution in [-0.2, 0) is 32.7 Å². The third-order valence-electron chi connectivity index (χ3n) is 14.2. The average Bonchev–Trinajstić information content (AvgIpc) is 3.35. The number of likely N-dealkylation sites (N-methyl/N-ethyl adjacent to an activating group) is 1. The van der Waals surface area contributed by atoms with E-state index in [0.29, 0.717) is 23.9 Å². The van der Waals surface area contributed by atoms with Crippen molar-refractivity contribution in [3.63, 3.8) is 0 Å². The molecule has 0 aliphatic heterocycles. The predicted octanol–water partition coefficient (Wildman–Crippen LogP) is 19.8. The second-order valence-corrected chi connectivity index (χ2v) is 24.3. The van der Waals surface area contributed by atoms with Crippen LogP contribution >= 0.6 is 7.82 Å². The number of unbranched alkanes of at least 4 members (excludes halogenated alkanes) is 41. The van der Waals surface area contributed by atoms with Crippen molar-refractivity contribution in [1.82, 2.24) is 0 Å². The van der Waals surface area contributed by atoms with E-state index in [0.717, 1.165) is 64.2 Å². The molecule has 0 aromatic heterocycles. The van der Waals surface area contributed by atoms with Gasteiger partial charge in [-0.05, 0) is 38.5 Å². The second-order valence-electron chi connectivity index (χ2n) is 22.8. The highest BCUT2D eigenvalue weighted by molar-refractivity contribution is 7.47. The van der Waals surface area contributed by atoms with E-state index in [1.54, 1.807) is 0 Å². The van der Waals surface area contributed by atoms with Crippen LogP contribution in [0.5, 0.6) is 0 Å². The summed E-state index contributed by atoms with van der Waals surface area (Å²) in [6, 6.07) is 0.